The van der Waals surface area contributed by atoms with Crippen LogP contribution in [-0.2, 0) is 6.54 Å². The van der Waals surface area contributed by atoms with E-state index in [9.17, 15) is 0 Å². The van der Waals surface area contributed by atoms with E-state index < -0.39 is 0 Å². The van der Waals surface area contributed by atoms with Crippen LogP contribution in [-0.4, -0.2) is 23.8 Å². The van der Waals surface area contributed by atoms with Crippen molar-refractivity contribution >= 4 is 27.3 Å². The van der Waals surface area contributed by atoms with E-state index in [1.807, 2.05) is 18.0 Å². The molecule has 1 aromatic heterocycles. The SMILES string of the molecule is CN(CO)Cc1ccc(Br)s1. The fourth-order valence-corrected chi connectivity index (χ4v) is 2.32. The lowest BCUT2D eigenvalue weighted by molar-refractivity contribution is 0.128. The Morgan fingerprint density at radius 3 is 2.82 bits per heavy atom. The van der Waals surface area contributed by atoms with E-state index in [-0.39, 0.29) is 6.73 Å². The lowest BCUT2D eigenvalue weighted by Crippen LogP contribution is -2.17. The van der Waals surface area contributed by atoms with E-state index in [1.54, 1.807) is 11.3 Å². The van der Waals surface area contributed by atoms with Crippen molar-refractivity contribution in [3.63, 3.8) is 0 Å². The minimum atomic E-state index is 0.107. The molecule has 0 unspecified atom stereocenters. The summed E-state index contributed by atoms with van der Waals surface area (Å²) in [7, 11) is 1.88. The summed E-state index contributed by atoms with van der Waals surface area (Å²) in [5, 5.41) is 8.72. The van der Waals surface area contributed by atoms with Crippen molar-refractivity contribution in [2.24, 2.45) is 0 Å². The average molecular weight is 236 g/mol. The third kappa shape index (κ3) is 2.91. The molecule has 0 saturated heterocycles. The molecule has 0 fully saturated rings. The maximum atomic E-state index is 8.72. The summed E-state index contributed by atoms with van der Waals surface area (Å²) in [6.45, 7) is 0.919. The van der Waals surface area contributed by atoms with Gasteiger partial charge in [-0.3, -0.25) is 4.90 Å². The monoisotopic (exact) mass is 235 g/mol. The fraction of sp³-hybridized carbons (Fsp3) is 0.429. The summed E-state index contributed by atoms with van der Waals surface area (Å²) in [6.07, 6.45) is 0. The first-order valence-corrected chi connectivity index (χ1v) is 4.87. The Bertz CT molecular complexity index is 226. The molecule has 4 heteroatoms. The summed E-state index contributed by atoms with van der Waals surface area (Å²) in [4.78, 5) is 3.10. The highest BCUT2D eigenvalue weighted by atomic mass is 79.9. The maximum Gasteiger partial charge on any atom is 0.0957 e. The molecule has 0 radical (unpaired) electrons. The van der Waals surface area contributed by atoms with Crippen LogP contribution in [0.3, 0.4) is 0 Å². The third-order valence-corrected chi connectivity index (χ3v) is 2.90. The number of rotatable bonds is 3. The van der Waals surface area contributed by atoms with Crippen molar-refractivity contribution in [3.8, 4) is 0 Å². The Balaban J connectivity index is 2.50. The Kier molecular flexibility index (Phi) is 3.51. The molecular weight excluding hydrogens is 226 g/mol. The molecule has 0 aromatic carbocycles. The zero-order valence-electron chi connectivity index (χ0n) is 6.25. The molecule has 0 amide bonds. The second kappa shape index (κ2) is 4.21. The van der Waals surface area contributed by atoms with Crippen LogP contribution in [0.5, 0.6) is 0 Å². The zero-order chi connectivity index (χ0) is 8.27. The van der Waals surface area contributed by atoms with Crippen LogP contribution in [0.1, 0.15) is 4.88 Å². The minimum Gasteiger partial charge on any atom is -0.381 e. The topological polar surface area (TPSA) is 23.5 Å². The van der Waals surface area contributed by atoms with Gasteiger partial charge in [0.1, 0.15) is 0 Å². The van der Waals surface area contributed by atoms with E-state index >= 15 is 0 Å². The molecule has 0 bridgehead atoms. The van der Waals surface area contributed by atoms with Crippen molar-refractivity contribution in [3.05, 3.63) is 20.8 Å². The summed E-state index contributed by atoms with van der Waals surface area (Å²) in [6, 6.07) is 4.08. The molecular formula is C7H10BrNOS. The standard InChI is InChI=1S/C7H10BrNOS/c1-9(5-10)4-6-2-3-7(8)11-6/h2-3,10H,4-5H2,1H3. The quantitative estimate of drug-likeness (QED) is 0.810. The van der Waals surface area contributed by atoms with Gasteiger partial charge in [-0.2, -0.15) is 0 Å². The van der Waals surface area contributed by atoms with Crippen molar-refractivity contribution in [1.29, 1.82) is 0 Å². The number of halogens is 1. The molecule has 1 aromatic rings. The fourth-order valence-electron chi connectivity index (χ4n) is 0.753. The molecule has 1 heterocycles. The lowest BCUT2D eigenvalue weighted by Gasteiger charge is -2.10. The number of hydrogen-bond acceptors (Lipinski definition) is 3. The van der Waals surface area contributed by atoms with Crippen LogP contribution >= 0.6 is 27.3 Å². The Morgan fingerprint density at radius 2 is 2.36 bits per heavy atom. The maximum absolute atomic E-state index is 8.72. The predicted molar refractivity (Wildman–Crippen MR) is 50.6 cm³/mol. The van der Waals surface area contributed by atoms with Gasteiger partial charge in [0.05, 0.1) is 10.5 Å². The average Bonchev–Trinajstić information content (AvgIpc) is 2.35. The van der Waals surface area contributed by atoms with Crippen LogP contribution in [0, 0.1) is 0 Å². The molecule has 1 rings (SSSR count). The van der Waals surface area contributed by atoms with E-state index in [1.165, 1.54) is 4.88 Å². The highest BCUT2D eigenvalue weighted by molar-refractivity contribution is 9.11. The van der Waals surface area contributed by atoms with Gasteiger partial charge < -0.3 is 5.11 Å². The molecule has 0 atom stereocenters. The number of aliphatic hydroxyl groups excluding tert-OH is 1. The van der Waals surface area contributed by atoms with Gasteiger partial charge in [0.25, 0.3) is 0 Å². The summed E-state index contributed by atoms with van der Waals surface area (Å²) >= 11 is 5.08. The van der Waals surface area contributed by atoms with Crippen molar-refractivity contribution in [2.45, 2.75) is 6.54 Å². The first-order chi connectivity index (χ1) is 5.22. The van der Waals surface area contributed by atoms with Gasteiger partial charge in [-0.25, -0.2) is 0 Å². The van der Waals surface area contributed by atoms with Crippen LogP contribution in [0.2, 0.25) is 0 Å². The Morgan fingerprint density at radius 1 is 1.64 bits per heavy atom. The zero-order valence-corrected chi connectivity index (χ0v) is 8.65. The Hall–Kier alpha value is 0.1000. The van der Waals surface area contributed by atoms with Crippen molar-refractivity contribution < 1.29 is 5.11 Å². The van der Waals surface area contributed by atoms with Crippen molar-refractivity contribution in [2.75, 3.05) is 13.8 Å². The highest BCUT2D eigenvalue weighted by Gasteiger charge is 2.00. The molecule has 62 valence electrons. The first kappa shape index (κ1) is 9.19. The molecule has 0 aliphatic heterocycles. The lowest BCUT2D eigenvalue weighted by atomic mass is 10.4. The van der Waals surface area contributed by atoms with Crippen LogP contribution < -0.4 is 0 Å². The second-order valence-corrected chi connectivity index (χ2v) is 4.91. The van der Waals surface area contributed by atoms with Gasteiger partial charge in [-0.1, -0.05) is 0 Å². The molecule has 11 heavy (non-hydrogen) atoms. The highest BCUT2D eigenvalue weighted by Crippen LogP contribution is 2.22. The number of aliphatic hydroxyl groups is 1. The first-order valence-electron chi connectivity index (χ1n) is 3.26. The molecule has 0 aliphatic carbocycles. The van der Waals surface area contributed by atoms with Crippen LogP contribution in [0.15, 0.2) is 15.9 Å². The van der Waals surface area contributed by atoms with Gasteiger partial charge in [0.15, 0.2) is 0 Å². The summed E-state index contributed by atoms with van der Waals surface area (Å²) in [5.41, 5.74) is 0. The molecule has 0 aliphatic rings. The molecule has 1 N–H and O–H groups in total. The molecule has 0 spiro atoms. The Labute approximate surface area is 78.6 Å². The summed E-state index contributed by atoms with van der Waals surface area (Å²) in [5.74, 6) is 0. The number of hydrogen-bond donors (Lipinski definition) is 1. The minimum absolute atomic E-state index is 0.107. The second-order valence-electron chi connectivity index (χ2n) is 2.36. The summed E-state index contributed by atoms with van der Waals surface area (Å²) < 4.78 is 1.14. The largest absolute Gasteiger partial charge is 0.381 e. The van der Waals surface area contributed by atoms with Gasteiger partial charge in [-0.05, 0) is 35.1 Å². The van der Waals surface area contributed by atoms with Gasteiger partial charge in [0, 0.05) is 11.4 Å². The van der Waals surface area contributed by atoms with Gasteiger partial charge in [0.2, 0.25) is 0 Å². The molecule has 2 nitrogen and oxygen atoms in total. The van der Waals surface area contributed by atoms with E-state index in [2.05, 4.69) is 22.0 Å². The predicted octanol–water partition coefficient (Wildman–Crippen LogP) is 1.89. The van der Waals surface area contributed by atoms with Crippen LogP contribution in [0.4, 0.5) is 0 Å². The van der Waals surface area contributed by atoms with E-state index in [0.29, 0.717) is 0 Å². The van der Waals surface area contributed by atoms with Crippen LogP contribution in [0.25, 0.3) is 0 Å². The smallest absolute Gasteiger partial charge is 0.0957 e. The van der Waals surface area contributed by atoms with Gasteiger partial charge in [-0.15, -0.1) is 11.3 Å². The van der Waals surface area contributed by atoms with E-state index in [4.69, 9.17) is 5.11 Å². The van der Waals surface area contributed by atoms with Gasteiger partial charge >= 0.3 is 0 Å². The van der Waals surface area contributed by atoms with E-state index in [0.717, 1.165) is 10.3 Å². The van der Waals surface area contributed by atoms with Crippen molar-refractivity contribution in [1.82, 2.24) is 4.90 Å². The number of thiophene rings is 1. The normalized spacial score (nSPS) is 10.9. The molecule has 0 saturated carbocycles. The third-order valence-electron chi connectivity index (χ3n) is 1.30. The number of nitrogens with zero attached hydrogens (tertiary/aromatic N) is 1.